The van der Waals surface area contributed by atoms with Crippen molar-refractivity contribution in [3.05, 3.63) is 36.7 Å². The molecular weight excluding hydrogens is 330 g/mol. The number of aromatic nitrogens is 2. The molecule has 1 aromatic heterocycles. The molecule has 1 unspecified atom stereocenters. The fourth-order valence-corrected chi connectivity index (χ4v) is 3.59. The van der Waals surface area contributed by atoms with Crippen LogP contribution in [0.3, 0.4) is 0 Å². The second-order valence-electron chi connectivity index (χ2n) is 6.81. The van der Waals surface area contributed by atoms with Crippen LogP contribution in [0.4, 0.5) is 17.3 Å². The van der Waals surface area contributed by atoms with E-state index in [4.69, 9.17) is 4.74 Å². The van der Waals surface area contributed by atoms with Crippen LogP contribution in [0, 0.1) is 0 Å². The summed E-state index contributed by atoms with van der Waals surface area (Å²) in [4.78, 5) is 13.4. The first-order chi connectivity index (χ1) is 12.8. The summed E-state index contributed by atoms with van der Waals surface area (Å²) in [7, 11) is 0. The zero-order valence-electron chi connectivity index (χ0n) is 14.8. The highest BCUT2D eigenvalue weighted by molar-refractivity contribution is 5.52. The highest BCUT2D eigenvalue weighted by Gasteiger charge is 2.21. The fourth-order valence-electron chi connectivity index (χ4n) is 3.59. The van der Waals surface area contributed by atoms with Crippen LogP contribution in [-0.4, -0.2) is 60.5 Å². The van der Waals surface area contributed by atoms with Crippen LogP contribution in [0.15, 0.2) is 36.7 Å². The molecule has 138 valence electrons. The zero-order chi connectivity index (χ0) is 17.8. The van der Waals surface area contributed by atoms with Gasteiger partial charge in [-0.05, 0) is 37.1 Å². The van der Waals surface area contributed by atoms with E-state index in [0.717, 1.165) is 69.6 Å². The number of hydrogen-bond acceptors (Lipinski definition) is 7. The van der Waals surface area contributed by atoms with Crippen LogP contribution in [0.5, 0.6) is 5.75 Å². The van der Waals surface area contributed by atoms with E-state index in [2.05, 4.69) is 25.1 Å². The van der Waals surface area contributed by atoms with Crippen LogP contribution in [0.1, 0.15) is 12.8 Å². The van der Waals surface area contributed by atoms with Crippen molar-refractivity contribution in [3.63, 3.8) is 0 Å². The number of morpholine rings is 1. The second-order valence-corrected chi connectivity index (χ2v) is 6.81. The van der Waals surface area contributed by atoms with Gasteiger partial charge in [0.05, 0.1) is 13.2 Å². The average molecular weight is 355 g/mol. The topological polar surface area (TPSA) is 73.8 Å². The molecule has 2 N–H and O–H groups in total. The lowest BCUT2D eigenvalue weighted by atomic mass is 10.0. The molecule has 2 fully saturated rings. The molecule has 0 radical (unpaired) electrons. The first-order valence-corrected chi connectivity index (χ1v) is 9.23. The Hall–Kier alpha value is -2.54. The predicted octanol–water partition coefficient (Wildman–Crippen LogP) is 2.10. The molecule has 2 aliphatic rings. The summed E-state index contributed by atoms with van der Waals surface area (Å²) >= 11 is 0. The normalized spacial score (nSPS) is 20.8. The third-order valence-electron chi connectivity index (χ3n) is 4.98. The van der Waals surface area contributed by atoms with Crippen molar-refractivity contribution in [2.75, 3.05) is 54.5 Å². The van der Waals surface area contributed by atoms with E-state index < -0.39 is 0 Å². The molecule has 3 heterocycles. The van der Waals surface area contributed by atoms with Gasteiger partial charge in [-0.2, -0.15) is 0 Å². The Bertz CT molecular complexity index is 718. The average Bonchev–Trinajstić information content (AvgIpc) is 2.70. The van der Waals surface area contributed by atoms with Gasteiger partial charge in [0.15, 0.2) is 0 Å². The van der Waals surface area contributed by atoms with Gasteiger partial charge >= 0.3 is 0 Å². The third kappa shape index (κ3) is 3.99. The van der Waals surface area contributed by atoms with Crippen molar-refractivity contribution in [2.24, 2.45) is 0 Å². The zero-order valence-corrected chi connectivity index (χ0v) is 14.8. The van der Waals surface area contributed by atoms with Gasteiger partial charge in [0.2, 0.25) is 0 Å². The van der Waals surface area contributed by atoms with Crippen LogP contribution < -0.4 is 15.1 Å². The van der Waals surface area contributed by atoms with Crippen molar-refractivity contribution in [3.8, 4) is 5.75 Å². The number of phenolic OH excluding ortho intramolecular Hbond substituents is 1. The lowest BCUT2D eigenvalue weighted by molar-refractivity contribution is 0.122. The summed E-state index contributed by atoms with van der Waals surface area (Å²) < 4.78 is 5.41. The number of aromatic hydroxyl groups is 1. The minimum atomic E-state index is 0.303. The molecule has 1 aromatic carbocycles. The number of ether oxygens (including phenoxy) is 1. The molecule has 4 rings (SSSR count). The van der Waals surface area contributed by atoms with Gasteiger partial charge < -0.3 is 25.0 Å². The van der Waals surface area contributed by atoms with Crippen LogP contribution >= 0.6 is 0 Å². The van der Waals surface area contributed by atoms with Gasteiger partial charge in [0.25, 0.3) is 0 Å². The Morgan fingerprint density at radius 3 is 2.65 bits per heavy atom. The molecule has 2 aliphatic heterocycles. The standard InChI is InChI=1S/C19H25N5O2/c25-17-5-3-16(4-6-17)24-7-1-2-15(13-24)22-18-12-19(21-14-20-18)23-8-10-26-11-9-23/h3-6,12,14-15,25H,1-2,7-11,13H2,(H,20,21,22). The highest BCUT2D eigenvalue weighted by Crippen LogP contribution is 2.24. The van der Waals surface area contributed by atoms with Gasteiger partial charge in [-0.25, -0.2) is 9.97 Å². The molecule has 26 heavy (non-hydrogen) atoms. The summed E-state index contributed by atoms with van der Waals surface area (Å²) in [6, 6.07) is 9.80. The molecule has 7 heteroatoms. The Labute approximate surface area is 153 Å². The van der Waals surface area contributed by atoms with E-state index >= 15 is 0 Å². The quantitative estimate of drug-likeness (QED) is 0.870. The first kappa shape index (κ1) is 16.9. The van der Waals surface area contributed by atoms with Gasteiger partial charge in [-0.1, -0.05) is 0 Å². The van der Waals surface area contributed by atoms with E-state index in [-0.39, 0.29) is 0 Å². The van der Waals surface area contributed by atoms with E-state index in [1.165, 1.54) is 0 Å². The van der Waals surface area contributed by atoms with Crippen LogP contribution in [0.2, 0.25) is 0 Å². The van der Waals surface area contributed by atoms with Crippen LogP contribution in [-0.2, 0) is 4.74 Å². The lowest BCUT2D eigenvalue weighted by Gasteiger charge is -2.35. The second kappa shape index (κ2) is 7.78. The number of benzene rings is 1. The molecular formula is C19H25N5O2. The summed E-state index contributed by atoms with van der Waals surface area (Å²) in [5.74, 6) is 2.13. The minimum absolute atomic E-state index is 0.303. The Morgan fingerprint density at radius 1 is 1.04 bits per heavy atom. The Kier molecular flexibility index (Phi) is 5.06. The first-order valence-electron chi connectivity index (χ1n) is 9.23. The van der Waals surface area contributed by atoms with Crippen LogP contribution in [0.25, 0.3) is 0 Å². The molecule has 2 saturated heterocycles. The van der Waals surface area contributed by atoms with Gasteiger partial charge in [0.1, 0.15) is 23.7 Å². The number of nitrogens with one attached hydrogen (secondary N) is 1. The summed E-state index contributed by atoms with van der Waals surface area (Å²) in [6.45, 7) is 5.18. The molecule has 0 spiro atoms. The molecule has 0 aliphatic carbocycles. The van der Waals surface area contributed by atoms with Crippen molar-refractivity contribution in [1.82, 2.24) is 9.97 Å². The SMILES string of the molecule is Oc1ccc(N2CCCC(Nc3cc(N4CCOCC4)ncn3)C2)cc1. The molecule has 0 amide bonds. The van der Waals surface area contributed by atoms with Crippen molar-refractivity contribution >= 4 is 17.3 Å². The number of anilines is 3. The summed E-state index contributed by atoms with van der Waals surface area (Å²) in [5, 5.41) is 13.0. The molecule has 2 aromatic rings. The Balaban J connectivity index is 1.41. The third-order valence-corrected chi connectivity index (χ3v) is 4.98. The summed E-state index contributed by atoms with van der Waals surface area (Å²) in [6.07, 6.45) is 3.87. The number of phenols is 1. The maximum Gasteiger partial charge on any atom is 0.134 e. The monoisotopic (exact) mass is 355 g/mol. The maximum absolute atomic E-state index is 9.48. The lowest BCUT2D eigenvalue weighted by Crippen LogP contribution is -2.42. The maximum atomic E-state index is 9.48. The molecule has 7 nitrogen and oxygen atoms in total. The molecule has 1 atom stereocenters. The Morgan fingerprint density at radius 2 is 1.85 bits per heavy atom. The smallest absolute Gasteiger partial charge is 0.134 e. The van der Waals surface area contributed by atoms with Gasteiger partial charge in [0, 0.05) is 44.0 Å². The number of nitrogens with zero attached hydrogens (tertiary/aromatic N) is 4. The van der Waals surface area contributed by atoms with Gasteiger partial charge in [-0.15, -0.1) is 0 Å². The van der Waals surface area contributed by atoms with Crippen molar-refractivity contribution in [2.45, 2.75) is 18.9 Å². The van der Waals surface area contributed by atoms with E-state index in [1.807, 2.05) is 18.2 Å². The number of hydrogen-bond donors (Lipinski definition) is 2. The van der Waals surface area contributed by atoms with E-state index in [1.54, 1.807) is 18.5 Å². The largest absolute Gasteiger partial charge is 0.508 e. The minimum Gasteiger partial charge on any atom is -0.508 e. The molecule has 0 bridgehead atoms. The fraction of sp³-hybridized carbons (Fsp3) is 0.474. The highest BCUT2D eigenvalue weighted by atomic mass is 16.5. The molecule has 0 saturated carbocycles. The van der Waals surface area contributed by atoms with Crippen molar-refractivity contribution < 1.29 is 9.84 Å². The summed E-state index contributed by atoms with van der Waals surface area (Å²) in [5.41, 5.74) is 1.14. The number of rotatable bonds is 4. The van der Waals surface area contributed by atoms with E-state index in [9.17, 15) is 5.11 Å². The van der Waals surface area contributed by atoms with E-state index in [0.29, 0.717) is 11.8 Å². The number of piperidine rings is 1. The predicted molar refractivity (Wildman–Crippen MR) is 102 cm³/mol. The van der Waals surface area contributed by atoms with Crippen molar-refractivity contribution in [1.29, 1.82) is 0 Å². The van der Waals surface area contributed by atoms with Gasteiger partial charge in [-0.3, -0.25) is 0 Å².